The van der Waals surface area contributed by atoms with Crippen LogP contribution in [0, 0.1) is 24.7 Å². The van der Waals surface area contributed by atoms with Gasteiger partial charge in [0.25, 0.3) is 0 Å². The highest BCUT2D eigenvalue weighted by Crippen LogP contribution is 2.49. The van der Waals surface area contributed by atoms with E-state index in [-0.39, 0.29) is 12.2 Å². The molecule has 2 aliphatic rings. The maximum atomic E-state index is 10.6. The van der Waals surface area contributed by atoms with Gasteiger partial charge in [-0.15, -0.1) is 0 Å². The molecule has 3 rings (SSSR count). The Hall–Kier alpha value is -1.16. The molecule has 1 saturated carbocycles. The fourth-order valence-corrected chi connectivity index (χ4v) is 5.55. The Kier molecular flexibility index (Phi) is 8.35. The molecule has 0 radical (unpaired) electrons. The zero-order valence-electron chi connectivity index (χ0n) is 18.7. The van der Waals surface area contributed by atoms with E-state index in [2.05, 4.69) is 56.3 Å². The molecule has 1 aromatic carbocycles. The summed E-state index contributed by atoms with van der Waals surface area (Å²) in [5.74, 6) is 1.53. The summed E-state index contributed by atoms with van der Waals surface area (Å²) >= 11 is 0. The summed E-state index contributed by atoms with van der Waals surface area (Å²) in [5.41, 5.74) is 4.08. The SMILES string of the molecule is Cc1cccc(C[C@H](O)CC[C@@H]2[C@H]3CC(CCCCCN(C)C)=C[C@H]3C[C@H]2O)c1. The van der Waals surface area contributed by atoms with Crippen LogP contribution in [-0.2, 0) is 6.42 Å². The Bertz CT molecular complexity index is 668. The lowest BCUT2D eigenvalue weighted by molar-refractivity contribution is 0.0909. The van der Waals surface area contributed by atoms with Crippen LogP contribution in [-0.4, -0.2) is 48.0 Å². The molecule has 1 fully saturated rings. The van der Waals surface area contributed by atoms with Crippen molar-refractivity contribution < 1.29 is 10.2 Å². The second-order valence-corrected chi connectivity index (χ2v) is 9.86. The van der Waals surface area contributed by atoms with E-state index in [4.69, 9.17) is 0 Å². The summed E-state index contributed by atoms with van der Waals surface area (Å²) < 4.78 is 0. The third kappa shape index (κ3) is 6.67. The van der Waals surface area contributed by atoms with E-state index in [0.29, 0.717) is 17.8 Å². The van der Waals surface area contributed by atoms with Gasteiger partial charge in [-0.2, -0.15) is 0 Å². The van der Waals surface area contributed by atoms with E-state index in [1.54, 1.807) is 5.57 Å². The smallest absolute Gasteiger partial charge is 0.0580 e. The van der Waals surface area contributed by atoms with Gasteiger partial charge in [0.15, 0.2) is 0 Å². The Morgan fingerprint density at radius 3 is 2.76 bits per heavy atom. The van der Waals surface area contributed by atoms with Crippen LogP contribution in [0.1, 0.15) is 62.5 Å². The zero-order valence-corrected chi connectivity index (χ0v) is 18.7. The lowest BCUT2D eigenvalue weighted by Gasteiger charge is -2.23. The van der Waals surface area contributed by atoms with Crippen LogP contribution in [0.25, 0.3) is 0 Å². The van der Waals surface area contributed by atoms with Gasteiger partial charge in [-0.25, -0.2) is 0 Å². The van der Waals surface area contributed by atoms with E-state index in [1.165, 1.54) is 49.8 Å². The van der Waals surface area contributed by atoms with Crippen molar-refractivity contribution in [3.05, 3.63) is 47.0 Å². The number of aliphatic hydroxyl groups excluding tert-OH is 2. The Morgan fingerprint density at radius 1 is 1.17 bits per heavy atom. The van der Waals surface area contributed by atoms with E-state index in [9.17, 15) is 10.2 Å². The molecule has 0 saturated heterocycles. The quantitative estimate of drug-likeness (QED) is 0.417. The Balaban J connectivity index is 1.41. The van der Waals surface area contributed by atoms with E-state index >= 15 is 0 Å². The van der Waals surface area contributed by atoms with Crippen LogP contribution < -0.4 is 0 Å². The highest BCUT2D eigenvalue weighted by Gasteiger charge is 2.44. The van der Waals surface area contributed by atoms with Crippen LogP contribution >= 0.6 is 0 Å². The first kappa shape index (κ1) is 22.5. The van der Waals surface area contributed by atoms with Crippen molar-refractivity contribution in [3.8, 4) is 0 Å². The average Bonchev–Trinajstić information content (AvgIpc) is 3.16. The molecule has 1 aromatic rings. The van der Waals surface area contributed by atoms with Crippen molar-refractivity contribution in [2.45, 2.75) is 76.9 Å². The summed E-state index contributed by atoms with van der Waals surface area (Å²) in [6.07, 6.45) is 11.7. The minimum absolute atomic E-state index is 0.186. The molecule has 0 aromatic heterocycles. The van der Waals surface area contributed by atoms with Crippen LogP contribution in [0.2, 0.25) is 0 Å². The summed E-state index contributed by atoms with van der Waals surface area (Å²) in [7, 11) is 4.29. The number of benzene rings is 1. The topological polar surface area (TPSA) is 43.7 Å². The van der Waals surface area contributed by atoms with E-state index in [0.717, 1.165) is 25.7 Å². The molecule has 2 N–H and O–H groups in total. The van der Waals surface area contributed by atoms with Gasteiger partial charge in [-0.1, -0.05) is 47.9 Å². The molecular formula is C26H41NO2. The molecule has 0 heterocycles. The van der Waals surface area contributed by atoms with E-state index in [1.807, 2.05) is 0 Å². The van der Waals surface area contributed by atoms with Crippen molar-refractivity contribution in [2.75, 3.05) is 20.6 Å². The molecule has 0 spiro atoms. The standard InChI is InChI=1S/C26H41NO2/c1-19-8-7-10-20(14-19)16-23(28)11-12-24-25-17-21(15-22(25)18-26(24)29)9-5-4-6-13-27(2)3/h7-8,10,14-15,22-26,28-29H,4-6,9,11-13,16-18H2,1-3H3/t22-,23+,24+,25-,26+/m0/s1. The number of hydrogen-bond acceptors (Lipinski definition) is 3. The molecule has 5 atom stereocenters. The van der Waals surface area contributed by atoms with Crippen LogP contribution in [0.3, 0.4) is 0 Å². The van der Waals surface area contributed by atoms with Gasteiger partial charge < -0.3 is 15.1 Å². The molecule has 162 valence electrons. The number of rotatable bonds is 11. The van der Waals surface area contributed by atoms with Crippen molar-refractivity contribution in [1.29, 1.82) is 0 Å². The molecule has 0 unspecified atom stereocenters. The maximum absolute atomic E-state index is 10.6. The van der Waals surface area contributed by atoms with Gasteiger partial charge in [-0.05, 0) is 102 Å². The average molecular weight is 400 g/mol. The number of nitrogens with zero attached hydrogens (tertiary/aromatic N) is 1. The normalized spacial score (nSPS) is 27.3. The summed E-state index contributed by atoms with van der Waals surface area (Å²) in [4.78, 5) is 2.26. The zero-order chi connectivity index (χ0) is 20.8. The van der Waals surface area contributed by atoms with Gasteiger partial charge in [0, 0.05) is 0 Å². The fraction of sp³-hybridized carbons (Fsp3) is 0.692. The third-order valence-electron chi connectivity index (χ3n) is 7.05. The van der Waals surface area contributed by atoms with Crippen molar-refractivity contribution in [3.63, 3.8) is 0 Å². The fourth-order valence-electron chi connectivity index (χ4n) is 5.55. The molecule has 0 aliphatic heterocycles. The third-order valence-corrected chi connectivity index (χ3v) is 7.05. The molecular weight excluding hydrogens is 358 g/mol. The van der Waals surface area contributed by atoms with Gasteiger partial charge in [0.2, 0.25) is 0 Å². The monoisotopic (exact) mass is 399 g/mol. The van der Waals surface area contributed by atoms with Crippen molar-refractivity contribution >= 4 is 0 Å². The van der Waals surface area contributed by atoms with Gasteiger partial charge in [0.05, 0.1) is 12.2 Å². The predicted octanol–water partition coefficient (Wildman–Crippen LogP) is 4.74. The summed E-state index contributed by atoms with van der Waals surface area (Å²) in [6.45, 7) is 3.28. The second-order valence-electron chi connectivity index (χ2n) is 9.86. The molecule has 3 heteroatoms. The predicted molar refractivity (Wildman–Crippen MR) is 121 cm³/mol. The summed E-state index contributed by atoms with van der Waals surface area (Å²) in [5, 5.41) is 21.1. The first-order chi connectivity index (χ1) is 13.9. The molecule has 0 amide bonds. The minimum Gasteiger partial charge on any atom is -0.393 e. The highest BCUT2D eigenvalue weighted by molar-refractivity contribution is 5.23. The lowest BCUT2D eigenvalue weighted by Crippen LogP contribution is -2.22. The number of aliphatic hydroxyl groups is 2. The first-order valence-corrected chi connectivity index (χ1v) is 11.7. The van der Waals surface area contributed by atoms with Gasteiger partial charge in [0.1, 0.15) is 0 Å². The van der Waals surface area contributed by atoms with Gasteiger partial charge in [-0.3, -0.25) is 0 Å². The maximum Gasteiger partial charge on any atom is 0.0580 e. The lowest BCUT2D eigenvalue weighted by atomic mass is 9.85. The Labute approximate surface area is 177 Å². The second kappa shape index (κ2) is 10.7. The summed E-state index contributed by atoms with van der Waals surface area (Å²) in [6, 6.07) is 8.42. The molecule has 0 bridgehead atoms. The minimum atomic E-state index is -0.312. The first-order valence-electron chi connectivity index (χ1n) is 11.7. The Morgan fingerprint density at radius 2 is 2.00 bits per heavy atom. The molecule has 3 nitrogen and oxygen atoms in total. The number of allylic oxidation sites excluding steroid dienone is 2. The number of aryl methyl sites for hydroxylation is 1. The van der Waals surface area contributed by atoms with Crippen molar-refractivity contribution in [1.82, 2.24) is 4.90 Å². The van der Waals surface area contributed by atoms with Gasteiger partial charge >= 0.3 is 0 Å². The molecule has 29 heavy (non-hydrogen) atoms. The van der Waals surface area contributed by atoms with Crippen LogP contribution in [0.4, 0.5) is 0 Å². The molecule has 2 aliphatic carbocycles. The van der Waals surface area contributed by atoms with Crippen molar-refractivity contribution in [2.24, 2.45) is 17.8 Å². The van der Waals surface area contributed by atoms with E-state index < -0.39 is 0 Å². The van der Waals surface area contributed by atoms with Crippen LogP contribution in [0.15, 0.2) is 35.9 Å². The number of hydrogen-bond donors (Lipinski definition) is 2. The largest absolute Gasteiger partial charge is 0.393 e. The highest BCUT2D eigenvalue weighted by atomic mass is 16.3. The number of unbranched alkanes of at least 4 members (excludes halogenated alkanes) is 2. The number of fused-ring (bicyclic) bond motifs is 1. The van der Waals surface area contributed by atoms with Crippen LogP contribution in [0.5, 0.6) is 0 Å².